The first-order valence-corrected chi connectivity index (χ1v) is 9.31. The van der Waals surface area contributed by atoms with E-state index in [0.29, 0.717) is 5.92 Å². The predicted molar refractivity (Wildman–Crippen MR) is 77.2 cm³/mol. The molecule has 0 N–H and O–H groups in total. The summed E-state index contributed by atoms with van der Waals surface area (Å²) in [5.41, 5.74) is 3.09. The van der Waals surface area contributed by atoms with Crippen LogP contribution in [0.3, 0.4) is 0 Å². The van der Waals surface area contributed by atoms with E-state index in [1.54, 1.807) is 21.5 Å². The predicted octanol–water partition coefficient (Wildman–Crippen LogP) is 2.97. The summed E-state index contributed by atoms with van der Waals surface area (Å²) in [6, 6.07) is 18.0. The molecule has 17 heavy (non-hydrogen) atoms. The molecule has 0 spiro atoms. The molecule has 0 aliphatic carbocycles. The Labute approximate surface area is 104 Å². The second kappa shape index (κ2) is 3.57. The van der Waals surface area contributed by atoms with Crippen molar-refractivity contribution in [3.8, 4) is 0 Å². The van der Waals surface area contributed by atoms with E-state index in [1.165, 1.54) is 0 Å². The average Bonchev–Trinajstić information content (AvgIpc) is 2.37. The van der Waals surface area contributed by atoms with Crippen molar-refractivity contribution >= 4 is 18.4 Å². The molecular weight excluding hydrogens is 220 g/mol. The van der Waals surface area contributed by atoms with Gasteiger partial charge in [-0.3, -0.25) is 0 Å². The van der Waals surface area contributed by atoms with Crippen molar-refractivity contribution < 1.29 is 0 Å². The zero-order valence-corrected chi connectivity index (χ0v) is 11.7. The van der Waals surface area contributed by atoms with E-state index in [4.69, 9.17) is 0 Å². The monoisotopic (exact) mass is 238 g/mol. The fourth-order valence-electron chi connectivity index (χ4n) is 3.20. The first kappa shape index (κ1) is 10.8. The summed E-state index contributed by atoms with van der Waals surface area (Å²) in [6.45, 7) is 7.27. The van der Waals surface area contributed by atoms with Gasteiger partial charge in [0, 0.05) is 5.92 Å². The average molecular weight is 238 g/mol. The van der Waals surface area contributed by atoms with Crippen molar-refractivity contribution in [3.05, 3.63) is 59.7 Å². The number of fused-ring (bicyclic) bond motifs is 2. The van der Waals surface area contributed by atoms with E-state index in [1.807, 2.05) is 0 Å². The lowest BCUT2D eigenvalue weighted by atomic mass is 9.92. The number of hydrogen-bond donors (Lipinski definition) is 0. The topological polar surface area (TPSA) is 0 Å². The van der Waals surface area contributed by atoms with Gasteiger partial charge in [0.15, 0.2) is 0 Å². The minimum Gasteiger partial charge on any atom is -0.0623 e. The second-order valence-electron chi connectivity index (χ2n) is 5.52. The van der Waals surface area contributed by atoms with Crippen molar-refractivity contribution in [2.75, 3.05) is 0 Å². The molecule has 0 radical (unpaired) electrons. The van der Waals surface area contributed by atoms with Crippen molar-refractivity contribution in [2.45, 2.75) is 25.9 Å². The smallest absolute Gasteiger partial charge is 0.0623 e. The van der Waals surface area contributed by atoms with Gasteiger partial charge in [0.25, 0.3) is 0 Å². The Kier molecular flexibility index (Phi) is 2.27. The van der Waals surface area contributed by atoms with Gasteiger partial charge in [-0.15, -0.1) is 0 Å². The van der Waals surface area contributed by atoms with Crippen LogP contribution in [0.15, 0.2) is 48.5 Å². The molecule has 1 aliphatic heterocycles. The van der Waals surface area contributed by atoms with Crippen LogP contribution in [0.1, 0.15) is 24.0 Å². The first-order chi connectivity index (χ1) is 8.12. The maximum absolute atomic E-state index is 2.47. The standard InChI is InChI=1S/C16H18Si/c1-12-13-8-4-6-10-15(13)17(2,3)16-11-7-5-9-14(12)16/h4-12H,1-3H3. The summed E-state index contributed by atoms with van der Waals surface area (Å²) in [5.74, 6) is 0.544. The second-order valence-corrected chi connectivity index (χ2v) is 9.85. The van der Waals surface area contributed by atoms with Gasteiger partial charge in [-0.25, -0.2) is 0 Å². The highest BCUT2D eigenvalue weighted by Crippen LogP contribution is 2.29. The summed E-state index contributed by atoms with van der Waals surface area (Å²) >= 11 is 0. The lowest BCUT2D eigenvalue weighted by Crippen LogP contribution is -2.58. The van der Waals surface area contributed by atoms with Crippen LogP contribution < -0.4 is 10.4 Å². The van der Waals surface area contributed by atoms with E-state index in [0.717, 1.165) is 0 Å². The minimum atomic E-state index is -1.47. The van der Waals surface area contributed by atoms with Crippen LogP contribution in [0, 0.1) is 0 Å². The molecular formula is C16H18Si. The molecule has 0 atom stereocenters. The molecule has 0 nitrogen and oxygen atoms in total. The van der Waals surface area contributed by atoms with Gasteiger partial charge in [-0.05, 0) is 11.1 Å². The third-order valence-corrected chi connectivity index (χ3v) is 7.81. The Balaban J connectivity index is 2.34. The van der Waals surface area contributed by atoms with Crippen LogP contribution in [-0.4, -0.2) is 8.07 Å². The van der Waals surface area contributed by atoms with Crippen LogP contribution in [-0.2, 0) is 0 Å². The molecule has 0 fully saturated rings. The zero-order chi connectivity index (χ0) is 12.0. The van der Waals surface area contributed by atoms with Crippen molar-refractivity contribution in [1.82, 2.24) is 0 Å². The quantitative estimate of drug-likeness (QED) is 0.619. The van der Waals surface area contributed by atoms with Gasteiger partial charge in [-0.1, -0.05) is 78.9 Å². The molecule has 2 aromatic rings. The highest BCUT2D eigenvalue weighted by atomic mass is 28.3. The van der Waals surface area contributed by atoms with Gasteiger partial charge >= 0.3 is 0 Å². The number of benzene rings is 2. The lowest BCUT2D eigenvalue weighted by Gasteiger charge is -2.36. The largest absolute Gasteiger partial charge is 0.112 e. The van der Waals surface area contributed by atoms with Crippen molar-refractivity contribution in [1.29, 1.82) is 0 Å². The summed E-state index contributed by atoms with van der Waals surface area (Å²) in [5, 5.41) is 3.23. The van der Waals surface area contributed by atoms with Gasteiger partial charge in [0.2, 0.25) is 0 Å². The molecule has 0 unspecified atom stereocenters. The highest BCUT2D eigenvalue weighted by Gasteiger charge is 2.36. The number of rotatable bonds is 0. The van der Waals surface area contributed by atoms with E-state index >= 15 is 0 Å². The maximum atomic E-state index is 2.47. The fraction of sp³-hybridized carbons (Fsp3) is 0.250. The van der Waals surface area contributed by atoms with E-state index in [-0.39, 0.29) is 0 Å². The summed E-state index contributed by atoms with van der Waals surface area (Å²) < 4.78 is 0. The summed E-state index contributed by atoms with van der Waals surface area (Å²) in [7, 11) is -1.47. The number of hydrogen-bond acceptors (Lipinski definition) is 0. The summed E-state index contributed by atoms with van der Waals surface area (Å²) in [4.78, 5) is 0. The molecule has 1 heterocycles. The van der Waals surface area contributed by atoms with Crippen LogP contribution >= 0.6 is 0 Å². The van der Waals surface area contributed by atoms with Crippen LogP contribution in [0.25, 0.3) is 0 Å². The summed E-state index contributed by atoms with van der Waals surface area (Å²) in [6.07, 6.45) is 0. The Morgan fingerprint density at radius 2 is 1.18 bits per heavy atom. The Bertz CT molecular complexity index is 520. The molecule has 0 bridgehead atoms. The minimum absolute atomic E-state index is 0.544. The molecule has 86 valence electrons. The fourth-order valence-corrected chi connectivity index (χ4v) is 6.56. The van der Waals surface area contributed by atoms with Gasteiger partial charge in [-0.2, -0.15) is 0 Å². The molecule has 3 rings (SSSR count). The SMILES string of the molecule is CC1c2ccccc2[Si](C)(C)c2ccccc21. The van der Waals surface area contributed by atoms with Crippen LogP contribution in [0.2, 0.25) is 13.1 Å². The zero-order valence-electron chi connectivity index (χ0n) is 10.7. The normalized spacial score (nSPS) is 17.4. The molecule has 0 amide bonds. The highest BCUT2D eigenvalue weighted by molar-refractivity contribution is 7.01. The first-order valence-electron chi connectivity index (χ1n) is 6.31. The van der Waals surface area contributed by atoms with Crippen LogP contribution in [0.4, 0.5) is 0 Å². The third kappa shape index (κ3) is 1.42. The lowest BCUT2D eigenvalue weighted by molar-refractivity contribution is 0.928. The maximum Gasteiger partial charge on any atom is 0.112 e. The van der Waals surface area contributed by atoms with Gasteiger partial charge in [0.05, 0.1) is 0 Å². The molecule has 0 saturated carbocycles. The van der Waals surface area contributed by atoms with E-state index in [2.05, 4.69) is 68.5 Å². The van der Waals surface area contributed by atoms with E-state index in [9.17, 15) is 0 Å². The molecule has 0 saturated heterocycles. The third-order valence-electron chi connectivity index (χ3n) is 4.20. The Morgan fingerprint density at radius 3 is 1.65 bits per heavy atom. The molecule has 1 aliphatic rings. The molecule has 2 aromatic carbocycles. The van der Waals surface area contributed by atoms with E-state index < -0.39 is 8.07 Å². The molecule has 0 aromatic heterocycles. The van der Waals surface area contributed by atoms with Gasteiger partial charge < -0.3 is 0 Å². The van der Waals surface area contributed by atoms with Crippen molar-refractivity contribution in [3.63, 3.8) is 0 Å². The Hall–Kier alpha value is -1.34. The molecule has 1 heteroatoms. The van der Waals surface area contributed by atoms with Gasteiger partial charge in [0.1, 0.15) is 8.07 Å². The Morgan fingerprint density at radius 1 is 0.765 bits per heavy atom. The van der Waals surface area contributed by atoms with Crippen molar-refractivity contribution in [2.24, 2.45) is 0 Å². The van der Waals surface area contributed by atoms with Crippen LogP contribution in [0.5, 0.6) is 0 Å².